The van der Waals surface area contributed by atoms with Gasteiger partial charge in [-0.1, -0.05) is 46.5 Å². The van der Waals surface area contributed by atoms with E-state index in [1.807, 2.05) is 55.8 Å². The topological polar surface area (TPSA) is 167 Å². The third-order valence-corrected chi connectivity index (χ3v) is 7.07. The number of anilines is 2. The van der Waals surface area contributed by atoms with Crippen molar-refractivity contribution in [3.63, 3.8) is 0 Å². The fourth-order valence-electron chi connectivity index (χ4n) is 4.56. The number of carbonyl (C=O) groups excluding carboxylic acids is 2. The standard InChI is InChI=1S/C17H24N2O5.C13H19N3O4S.3CH4/c1-17(2,3)24-16(22)19-10-8-18(9-11-19)13-6-4-5-7-14(13)23-12-15(20)21;1-21(18,19)15-13(17)10-20-12-5-3-2-4-11(12)16-8-6-14-7-9-16;;;/h4-7H,8-12H2,1-3H3,(H,20,21);2-5,14H,6-10H2,1H3,(H,15,17);3*1H4. The minimum Gasteiger partial charge on any atom is -0.482 e. The summed E-state index contributed by atoms with van der Waals surface area (Å²) >= 11 is 0. The van der Waals surface area contributed by atoms with Crippen LogP contribution in [0.3, 0.4) is 0 Å². The second kappa shape index (κ2) is 20.2. The van der Waals surface area contributed by atoms with Crippen molar-refractivity contribution in [2.75, 3.05) is 81.6 Å². The number of carboxylic acids is 1. The van der Waals surface area contributed by atoms with Crippen LogP contribution in [0.5, 0.6) is 11.5 Å². The maximum Gasteiger partial charge on any atom is 0.410 e. The molecule has 0 atom stereocenters. The summed E-state index contributed by atoms with van der Waals surface area (Å²) < 4.78 is 40.0. The van der Waals surface area contributed by atoms with E-state index in [0.29, 0.717) is 37.7 Å². The molecule has 2 aliphatic rings. The summed E-state index contributed by atoms with van der Waals surface area (Å²) in [6, 6.07) is 14.7. The van der Waals surface area contributed by atoms with Crippen molar-refractivity contribution in [1.29, 1.82) is 0 Å². The summed E-state index contributed by atoms with van der Waals surface area (Å²) in [7, 11) is -3.56. The predicted molar refractivity (Wildman–Crippen MR) is 190 cm³/mol. The van der Waals surface area contributed by atoms with Gasteiger partial charge in [0, 0.05) is 52.4 Å². The number of hydrogen-bond acceptors (Lipinski definition) is 11. The Labute approximate surface area is 286 Å². The van der Waals surface area contributed by atoms with Crippen molar-refractivity contribution in [1.82, 2.24) is 14.9 Å². The molecule has 0 radical (unpaired) electrons. The van der Waals surface area contributed by atoms with Crippen LogP contribution in [0.25, 0.3) is 0 Å². The van der Waals surface area contributed by atoms with Crippen molar-refractivity contribution >= 4 is 39.4 Å². The van der Waals surface area contributed by atoms with E-state index in [2.05, 4.69) is 15.1 Å². The van der Waals surface area contributed by atoms with E-state index in [9.17, 15) is 22.8 Å². The fourth-order valence-corrected chi connectivity index (χ4v) is 5.03. The van der Waals surface area contributed by atoms with Gasteiger partial charge in [0.15, 0.2) is 13.2 Å². The summed E-state index contributed by atoms with van der Waals surface area (Å²) in [6.45, 7) is 10.7. The molecule has 2 saturated heterocycles. The molecule has 15 heteroatoms. The number of benzene rings is 2. The molecule has 4 rings (SSSR count). The number of hydrogen-bond donors (Lipinski definition) is 3. The highest BCUT2D eigenvalue weighted by atomic mass is 32.2. The van der Waals surface area contributed by atoms with Crippen molar-refractivity contribution < 1.29 is 42.1 Å². The first kappa shape index (κ1) is 43.8. The van der Waals surface area contributed by atoms with Gasteiger partial charge in [0.05, 0.1) is 17.6 Å². The van der Waals surface area contributed by atoms with Crippen molar-refractivity contribution in [2.45, 2.75) is 48.7 Å². The SMILES string of the molecule is C.C.C.CC(C)(C)OC(=O)N1CCN(c2ccccc2OCC(=O)O)CC1.CS(=O)(=O)NC(=O)COc1ccccc1N1CCNCC1. The van der Waals surface area contributed by atoms with Gasteiger partial charge in [0.1, 0.15) is 17.1 Å². The molecule has 2 heterocycles. The van der Waals surface area contributed by atoms with Crippen LogP contribution in [0, 0.1) is 0 Å². The molecule has 0 unspecified atom stereocenters. The first-order valence-corrected chi connectivity index (χ1v) is 16.5. The molecule has 3 N–H and O–H groups in total. The summed E-state index contributed by atoms with van der Waals surface area (Å²) in [5.74, 6) is -0.596. The van der Waals surface area contributed by atoms with E-state index >= 15 is 0 Å². The Morgan fingerprint density at radius 2 is 1.25 bits per heavy atom. The number of sulfonamides is 1. The zero-order chi connectivity index (χ0) is 33.0. The number of ether oxygens (including phenoxy) is 3. The molecule has 48 heavy (non-hydrogen) atoms. The minimum absolute atomic E-state index is 0. The molecular weight excluding hydrogens is 642 g/mol. The highest BCUT2D eigenvalue weighted by molar-refractivity contribution is 7.89. The molecule has 2 amide bonds. The lowest BCUT2D eigenvalue weighted by Gasteiger charge is -2.37. The number of piperazine rings is 2. The van der Waals surface area contributed by atoms with Gasteiger partial charge < -0.3 is 39.3 Å². The first-order valence-electron chi connectivity index (χ1n) is 14.6. The Bertz CT molecular complexity index is 1400. The van der Waals surface area contributed by atoms with Gasteiger partial charge in [-0.2, -0.15) is 0 Å². The molecule has 14 nitrogen and oxygen atoms in total. The quantitative estimate of drug-likeness (QED) is 0.349. The molecule has 0 spiro atoms. The number of carboxylic acid groups (broad SMARTS) is 1. The third-order valence-electron chi connectivity index (χ3n) is 6.47. The van der Waals surface area contributed by atoms with E-state index in [0.717, 1.165) is 43.8 Å². The van der Waals surface area contributed by atoms with Gasteiger partial charge in [-0.25, -0.2) is 18.0 Å². The maximum absolute atomic E-state index is 12.1. The average molecular weight is 698 g/mol. The molecule has 2 aromatic carbocycles. The Kier molecular flexibility index (Phi) is 18.4. The number of amides is 2. The Morgan fingerprint density at radius 3 is 1.71 bits per heavy atom. The zero-order valence-electron chi connectivity index (χ0n) is 26.2. The summed E-state index contributed by atoms with van der Waals surface area (Å²) in [5.41, 5.74) is 1.24. The number of aliphatic carboxylic acids is 1. The van der Waals surface area contributed by atoms with Gasteiger partial charge in [-0.3, -0.25) is 9.52 Å². The highest BCUT2D eigenvalue weighted by Crippen LogP contribution is 2.29. The van der Waals surface area contributed by atoms with Gasteiger partial charge in [0.25, 0.3) is 5.91 Å². The van der Waals surface area contributed by atoms with Crippen LogP contribution in [0.4, 0.5) is 16.2 Å². The lowest BCUT2D eigenvalue weighted by molar-refractivity contribution is -0.139. The molecule has 272 valence electrons. The van der Waals surface area contributed by atoms with Crippen molar-refractivity contribution in [2.24, 2.45) is 0 Å². The van der Waals surface area contributed by atoms with Crippen LogP contribution in [0.2, 0.25) is 0 Å². The number of para-hydroxylation sites is 4. The lowest BCUT2D eigenvalue weighted by Crippen LogP contribution is -2.50. The van der Waals surface area contributed by atoms with Crippen molar-refractivity contribution in [3.05, 3.63) is 48.5 Å². The number of carbonyl (C=O) groups is 3. The van der Waals surface area contributed by atoms with Crippen LogP contribution < -0.4 is 29.3 Å². The Morgan fingerprint density at radius 1 is 0.792 bits per heavy atom. The van der Waals surface area contributed by atoms with E-state index < -0.39 is 27.5 Å². The number of nitrogens with one attached hydrogen (secondary N) is 2. The van der Waals surface area contributed by atoms with Gasteiger partial charge in [-0.15, -0.1) is 0 Å². The van der Waals surface area contributed by atoms with Gasteiger partial charge in [0.2, 0.25) is 10.0 Å². The predicted octanol–water partition coefficient (Wildman–Crippen LogP) is 3.67. The maximum atomic E-state index is 12.1. The molecule has 0 aliphatic carbocycles. The Hall–Kier alpha value is -4.24. The molecule has 2 aliphatic heterocycles. The molecule has 0 saturated carbocycles. The Balaban J connectivity index is 0.000000873. The van der Waals surface area contributed by atoms with E-state index in [4.69, 9.17) is 19.3 Å². The number of rotatable bonds is 9. The van der Waals surface area contributed by atoms with E-state index in [1.165, 1.54) is 0 Å². The second-order valence-corrected chi connectivity index (χ2v) is 13.1. The van der Waals surface area contributed by atoms with Crippen LogP contribution in [0.1, 0.15) is 43.1 Å². The molecule has 2 fully saturated rings. The van der Waals surface area contributed by atoms with Crippen molar-refractivity contribution in [3.8, 4) is 11.5 Å². The molecule has 2 aromatic rings. The second-order valence-electron chi connectivity index (χ2n) is 11.4. The average Bonchev–Trinajstić information content (AvgIpc) is 2.98. The zero-order valence-corrected chi connectivity index (χ0v) is 27.0. The summed E-state index contributed by atoms with van der Waals surface area (Å²) in [6.07, 6.45) is 0.622. The monoisotopic (exact) mass is 697 g/mol. The van der Waals surface area contributed by atoms with Crippen LogP contribution in [-0.4, -0.2) is 114 Å². The summed E-state index contributed by atoms with van der Waals surface area (Å²) in [4.78, 5) is 40.2. The van der Waals surface area contributed by atoms with Crippen LogP contribution in [0.15, 0.2) is 48.5 Å². The largest absolute Gasteiger partial charge is 0.482 e. The molecular formula is C33H55N5O9S. The smallest absolute Gasteiger partial charge is 0.410 e. The summed E-state index contributed by atoms with van der Waals surface area (Å²) in [5, 5.41) is 12.0. The minimum atomic E-state index is -3.56. The van der Waals surface area contributed by atoms with Gasteiger partial charge in [-0.05, 0) is 45.0 Å². The lowest BCUT2D eigenvalue weighted by atomic mass is 10.2. The van der Waals surface area contributed by atoms with E-state index in [-0.39, 0.29) is 41.6 Å². The van der Waals surface area contributed by atoms with Gasteiger partial charge >= 0.3 is 12.1 Å². The third kappa shape index (κ3) is 15.1. The first-order chi connectivity index (χ1) is 21.2. The molecule has 0 bridgehead atoms. The van der Waals surface area contributed by atoms with Crippen LogP contribution >= 0.6 is 0 Å². The fraction of sp³-hybridized carbons (Fsp3) is 0.545. The van der Waals surface area contributed by atoms with E-state index in [1.54, 1.807) is 23.1 Å². The highest BCUT2D eigenvalue weighted by Gasteiger charge is 2.27. The normalized spacial score (nSPS) is 14.4. The van der Waals surface area contributed by atoms with Crippen LogP contribution in [-0.2, 0) is 24.3 Å². The molecule has 0 aromatic heterocycles. The number of nitrogens with zero attached hydrogens (tertiary/aromatic N) is 3.